The highest BCUT2D eigenvalue weighted by molar-refractivity contribution is 14.0. The van der Waals surface area contributed by atoms with Gasteiger partial charge in [0.05, 0.1) is 0 Å². The maximum Gasteiger partial charge on any atom is 0.220 e. The summed E-state index contributed by atoms with van der Waals surface area (Å²) in [4.78, 5) is 15.7. The molecule has 1 aromatic rings. The van der Waals surface area contributed by atoms with Crippen LogP contribution in [0.3, 0.4) is 0 Å². The van der Waals surface area contributed by atoms with Crippen LogP contribution in [0.25, 0.3) is 0 Å². The van der Waals surface area contributed by atoms with Crippen LogP contribution in [0, 0.1) is 0 Å². The van der Waals surface area contributed by atoms with Crippen LogP contribution in [0.4, 0.5) is 0 Å². The Bertz CT molecular complexity index is 549. The number of rotatable bonds is 8. The van der Waals surface area contributed by atoms with E-state index in [1.54, 1.807) is 7.05 Å². The molecule has 0 saturated heterocycles. The predicted molar refractivity (Wildman–Crippen MR) is 110 cm³/mol. The molecule has 0 bridgehead atoms. The van der Waals surface area contributed by atoms with Gasteiger partial charge in [-0.05, 0) is 43.4 Å². The summed E-state index contributed by atoms with van der Waals surface area (Å²) in [5, 5.41) is 10.2. The number of nitrogens with zero attached hydrogens (tertiary/aromatic N) is 1. The molecule has 1 aliphatic rings. The Balaban J connectivity index is 0.00000288. The molecule has 1 aromatic carbocycles. The van der Waals surface area contributed by atoms with Gasteiger partial charge in [-0.1, -0.05) is 23.7 Å². The van der Waals surface area contributed by atoms with Crippen molar-refractivity contribution >= 4 is 47.4 Å². The first-order chi connectivity index (χ1) is 11.2. The lowest BCUT2D eigenvalue weighted by Crippen LogP contribution is -2.39. The quantitative estimate of drug-likeness (QED) is 0.240. The van der Waals surface area contributed by atoms with Crippen molar-refractivity contribution in [2.24, 2.45) is 4.99 Å². The summed E-state index contributed by atoms with van der Waals surface area (Å²) in [5.74, 6) is 0.910. The monoisotopic (exact) mass is 464 g/mol. The number of hydrogen-bond acceptors (Lipinski definition) is 2. The number of guanidine groups is 1. The molecule has 1 saturated carbocycles. The Morgan fingerprint density at radius 2 is 2.04 bits per heavy atom. The lowest BCUT2D eigenvalue weighted by molar-refractivity contribution is -0.121. The van der Waals surface area contributed by atoms with E-state index >= 15 is 0 Å². The van der Waals surface area contributed by atoms with Crippen LogP contribution in [0.5, 0.6) is 0 Å². The fourth-order valence-corrected chi connectivity index (χ4v) is 2.43. The van der Waals surface area contributed by atoms with Gasteiger partial charge in [0.1, 0.15) is 0 Å². The maximum atomic E-state index is 11.6. The molecule has 1 aliphatic carbocycles. The lowest BCUT2D eigenvalue weighted by Gasteiger charge is -2.12. The van der Waals surface area contributed by atoms with E-state index in [1.165, 1.54) is 5.56 Å². The lowest BCUT2D eigenvalue weighted by atomic mass is 10.1. The molecular weight excluding hydrogens is 439 g/mol. The molecule has 0 aromatic heterocycles. The van der Waals surface area contributed by atoms with Crippen LogP contribution >= 0.6 is 35.6 Å². The van der Waals surface area contributed by atoms with Crippen LogP contribution < -0.4 is 16.0 Å². The van der Waals surface area contributed by atoms with Gasteiger partial charge >= 0.3 is 0 Å². The van der Waals surface area contributed by atoms with Crippen molar-refractivity contribution in [1.29, 1.82) is 0 Å². The van der Waals surface area contributed by atoms with Crippen molar-refractivity contribution < 1.29 is 4.79 Å². The number of halogens is 2. The summed E-state index contributed by atoms with van der Waals surface area (Å²) in [6.45, 7) is 1.51. The number of amides is 1. The molecule has 0 aliphatic heterocycles. The predicted octanol–water partition coefficient (Wildman–Crippen LogP) is 2.72. The number of carbonyl (C=O) groups excluding carboxylic acids is 1. The fourth-order valence-electron chi connectivity index (χ4n) is 2.22. The highest BCUT2D eigenvalue weighted by atomic mass is 127. The molecule has 0 unspecified atom stereocenters. The molecule has 24 heavy (non-hydrogen) atoms. The van der Waals surface area contributed by atoms with E-state index in [4.69, 9.17) is 11.6 Å². The Morgan fingerprint density at radius 1 is 1.29 bits per heavy atom. The minimum Gasteiger partial charge on any atom is -0.356 e. The molecule has 1 amide bonds. The molecule has 2 rings (SSSR count). The molecule has 5 nitrogen and oxygen atoms in total. The summed E-state index contributed by atoms with van der Waals surface area (Å²) in [6, 6.07) is 8.30. The second-order valence-electron chi connectivity index (χ2n) is 5.75. The summed E-state index contributed by atoms with van der Waals surface area (Å²) < 4.78 is 0. The van der Waals surface area contributed by atoms with E-state index in [-0.39, 0.29) is 29.9 Å². The van der Waals surface area contributed by atoms with Crippen molar-refractivity contribution in [2.45, 2.75) is 38.1 Å². The van der Waals surface area contributed by atoms with E-state index in [9.17, 15) is 4.79 Å². The number of carbonyl (C=O) groups is 1. The van der Waals surface area contributed by atoms with E-state index in [0.29, 0.717) is 12.5 Å². The second kappa shape index (κ2) is 11.5. The van der Waals surface area contributed by atoms with Gasteiger partial charge in [-0.15, -0.1) is 24.0 Å². The summed E-state index contributed by atoms with van der Waals surface area (Å²) in [5.41, 5.74) is 1.19. The average molecular weight is 465 g/mol. The Labute approximate surface area is 166 Å². The SMILES string of the molecule is CN=C(NCCCC(=O)NC1CC1)NCCc1cccc(Cl)c1.I. The van der Waals surface area contributed by atoms with Gasteiger partial charge in [0.2, 0.25) is 5.91 Å². The smallest absolute Gasteiger partial charge is 0.220 e. The van der Waals surface area contributed by atoms with E-state index in [1.807, 2.05) is 18.2 Å². The van der Waals surface area contributed by atoms with Crippen LogP contribution in [-0.4, -0.2) is 38.0 Å². The second-order valence-corrected chi connectivity index (χ2v) is 6.19. The summed E-state index contributed by atoms with van der Waals surface area (Å²) in [6.07, 6.45) is 4.50. The summed E-state index contributed by atoms with van der Waals surface area (Å²) in [7, 11) is 1.74. The van der Waals surface area contributed by atoms with Gasteiger partial charge in [-0.25, -0.2) is 0 Å². The number of aliphatic imine (C=N–C) groups is 1. The first-order valence-corrected chi connectivity index (χ1v) is 8.53. The van der Waals surface area contributed by atoms with Crippen LogP contribution in [0.15, 0.2) is 29.3 Å². The van der Waals surface area contributed by atoms with Crippen molar-refractivity contribution in [3.63, 3.8) is 0 Å². The molecule has 0 spiro atoms. The zero-order valence-corrected chi connectivity index (χ0v) is 17.1. The third-order valence-corrected chi connectivity index (χ3v) is 3.87. The van der Waals surface area contributed by atoms with Gasteiger partial charge in [0, 0.05) is 37.6 Å². The van der Waals surface area contributed by atoms with Gasteiger partial charge in [-0.2, -0.15) is 0 Å². The first-order valence-electron chi connectivity index (χ1n) is 8.15. The van der Waals surface area contributed by atoms with E-state index in [0.717, 1.165) is 49.8 Å². The number of nitrogens with one attached hydrogen (secondary N) is 3. The molecule has 0 atom stereocenters. The first kappa shape index (κ1) is 21.0. The zero-order chi connectivity index (χ0) is 16.5. The van der Waals surface area contributed by atoms with Crippen LogP contribution in [0.1, 0.15) is 31.2 Å². The third-order valence-electron chi connectivity index (χ3n) is 3.63. The molecule has 3 N–H and O–H groups in total. The van der Waals surface area contributed by atoms with Crippen molar-refractivity contribution in [1.82, 2.24) is 16.0 Å². The molecule has 1 fully saturated rings. The minimum absolute atomic E-state index is 0. The average Bonchev–Trinajstić information content (AvgIpc) is 3.33. The fraction of sp³-hybridized carbons (Fsp3) is 0.529. The van der Waals surface area contributed by atoms with Crippen molar-refractivity contribution in [2.75, 3.05) is 20.1 Å². The Morgan fingerprint density at radius 3 is 2.71 bits per heavy atom. The number of benzene rings is 1. The molecule has 134 valence electrons. The van der Waals surface area contributed by atoms with E-state index < -0.39 is 0 Å². The number of hydrogen-bond donors (Lipinski definition) is 3. The Hall–Kier alpha value is -1.02. The zero-order valence-electron chi connectivity index (χ0n) is 14.0. The summed E-state index contributed by atoms with van der Waals surface area (Å²) >= 11 is 5.97. The van der Waals surface area contributed by atoms with E-state index in [2.05, 4.69) is 27.0 Å². The maximum absolute atomic E-state index is 11.6. The normalized spacial score (nSPS) is 13.8. The standard InChI is InChI=1S/C17H25ClN4O.HI/c1-19-17(20-10-3-6-16(23)22-15-7-8-15)21-11-9-13-4-2-5-14(18)12-13;/h2,4-5,12,15H,3,6-11H2,1H3,(H,22,23)(H2,19,20,21);1H. The Kier molecular flexibility index (Phi) is 10.1. The van der Waals surface area contributed by atoms with Crippen LogP contribution in [0.2, 0.25) is 5.02 Å². The highest BCUT2D eigenvalue weighted by Gasteiger charge is 2.22. The third kappa shape index (κ3) is 8.73. The molecular formula is C17H26ClIN4O. The molecule has 7 heteroatoms. The van der Waals surface area contributed by atoms with Crippen molar-refractivity contribution in [3.8, 4) is 0 Å². The molecule has 0 radical (unpaired) electrons. The van der Waals surface area contributed by atoms with Gasteiger partial charge < -0.3 is 16.0 Å². The highest BCUT2D eigenvalue weighted by Crippen LogP contribution is 2.18. The topological polar surface area (TPSA) is 65.5 Å². The molecule has 0 heterocycles. The van der Waals surface area contributed by atoms with Gasteiger partial charge in [0.15, 0.2) is 5.96 Å². The van der Waals surface area contributed by atoms with Crippen molar-refractivity contribution in [3.05, 3.63) is 34.9 Å². The largest absolute Gasteiger partial charge is 0.356 e. The van der Waals surface area contributed by atoms with Gasteiger partial charge in [0.25, 0.3) is 0 Å². The van der Waals surface area contributed by atoms with Gasteiger partial charge in [-0.3, -0.25) is 9.79 Å². The van der Waals surface area contributed by atoms with Crippen LogP contribution in [-0.2, 0) is 11.2 Å². The minimum atomic E-state index is 0.